The van der Waals surface area contributed by atoms with Crippen LogP contribution in [-0.2, 0) is 6.54 Å². The highest BCUT2D eigenvalue weighted by atomic mass is 19.4. The van der Waals surface area contributed by atoms with Crippen LogP contribution in [0.2, 0.25) is 0 Å². The van der Waals surface area contributed by atoms with Gasteiger partial charge in [0.2, 0.25) is 5.96 Å². The van der Waals surface area contributed by atoms with Gasteiger partial charge in [-0.3, -0.25) is 10.2 Å². The number of amidine groups is 1. The number of guanidine groups is 1. The van der Waals surface area contributed by atoms with Gasteiger partial charge in [0.15, 0.2) is 5.84 Å². The quantitative estimate of drug-likeness (QED) is 0.304. The van der Waals surface area contributed by atoms with E-state index in [1.807, 2.05) is 0 Å². The van der Waals surface area contributed by atoms with Gasteiger partial charge in [-0.2, -0.15) is 4.99 Å². The molecular formula is C21H17F3N6O2. The second-order valence-corrected chi connectivity index (χ2v) is 6.26. The lowest BCUT2D eigenvalue weighted by Crippen LogP contribution is -2.32. The molecule has 3 rings (SSSR count). The van der Waals surface area contributed by atoms with Crippen LogP contribution in [0.15, 0.2) is 72.0 Å². The fourth-order valence-electron chi connectivity index (χ4n) is 2.47. The standard InChI is InChI=1S/C21H17F3N6O2/c22-21(23,24)32-17-8-6-16(7-9-17)29-20(28-12-18-26-10-1-11-27-18)30-19(25)15-4-2-14(13-31)3-5-15/h1-11,13H,12H2,(H3,25,28,29,30). The summed E-state index contributed by atoms with van der Waals surface area (Å²) in [6.07, 6.45) is -0.945. The number of hydrogen-bond acceptors (Lipinski definition) is 5. The van der Waals surface area contributed by atoms with Crippen molar-refractivity contribution in [3.63, 3.8) is 0 Å². The van der Waals surface area contributed by atoms with Crippen molar-refractivity contribution in [2.45, 2.75) is 12.9 Å². The minimum Gasteiger partial charge on any atom is -0.406 e. The molecule has 3 aromatic rings. The number of hydrogen-bond donors (Lipinski definition) is 3. The Bertz CT molecular complexity index is 1090. The molecule has 1 heterocycles. The molecule has 0 bridgehead atoms. The molecule has 0 aliphatic carbocycles. The molecule has 0 aliphatic rings. The van der Waals surface area contributed by atoms with Crippen LogP contribution in [0.5, 0.6) is 5.75 Å². The van der Waals surface area contributed by atoms with Crippen molar-refractivity contribution in [3.05, 3.63) is 83.9 Å². The molecule has 8 nitrogen and oxygen atoms in total. The Kier molecular flexibility index (Phi) is 7.11. The number of aldehydes is 1. The fraction of sp³-hybridized carbons (Fsp3) is 0.0952. The monoisotopic (exact) mass is 442 g/mol. The Morgan fingerprint density at radius 1 is 1.06 bits per heavy atom. The highest BCUT2D eigenvalue weighted by molar-refractivity contribution is 6.07. The zero-order chi connectivity index (χ0) is 23.0. The van der Waals surface area contributed by atoms with E-state index in [9.17, 15) is 18.0 Å². The van der Waals surface area contributed by atoms with Crippen LogP contribution in [0.3, 0.4) is 0 Å². The van der Waals surface area contributed by atoms with E-state index in [1.165, 1.54) is 12.1 Å². The van der Waals surface area contributed by atoms with E-state index in [1.54, 1.807) is 42.7 Å². The van der Waals surface area contributed by atoms with Crippen LogP contribution in [0, 0.1) is 5.41 Å². The molecule has 0 saturated carbocycles. The first-order chi connectivity index (χ1) is 15.3. The SMILES string of the molecule is N=C(/N=C(/NCc1ncccn1)Nc1ccc(OC(F)(F)F)cc1)c1ccc(C=O)cc1. The molecule has 0 unspecified atom stereocenters. The van der Waals surface area contributed by atoms with E-state index in [0.29, 0.717) is 28.9 Å². The van der Waals surface area contributed by atoms with Gasteiger partial charge in [-0.1, -0.05) is 24.3 Å². The van der Waals surface area contributed by atoms with Crippen molar-refractivity contribution in [3.8, 4) is 5.75 Å². The summed E-state index contributed by atoms with van der Waals surface area (Å²) in [5.74, 6) is 0.142. The second-order valence-electron chi connectivity index (χ2n) is 6.26. The third-order valence-electron chi connectivity index (χ3n) is 3.93. The number of ether oxygens (including phenoxy) is 1. The molecule has 0 amide bonds. The third-order valence-corrected chi connectivity index (χ3v) is 3.93. The maximum absolute atomic E-state index is 12.3. The lowest BCUT2D eigenvalue weighted by molar-refractivity contribution is -0.274. The molecule has 11 heteroatoms. The Morgan fingerprint density at radius 2 is 1.72 bits per heavy atom. The number of halogens is 3. The molecule has 0 saturated heterocycles. The Balaban J connectivity index is 1.78. The summed E-state index contributed by atoms with van der Waals surface area (Å²) >= 11 is 0. The number of nitrogens with one attached hydrogen (secondary N) is 3. The third kappa shape index (κ3) is 6.90. The Hall–Kier alpha value is -4.28. The van der Waals surface area contributed by atoms with Gasteiger partial charge < -0.3 is 15.4 Å². The minimum atomic E-state index is -4.78. The van der Waals surface area contributed by atoms with Crippen molar-refractivity contribution in [2.75, 3.05) is 5.32 Å². The molecule has 0 fully saturated rings. The molecule has 0 atom stereocenters. The lowest BCUT2D eigenvalue weighted by Gasteiger charge is -2.13. The topological polar surface area (TPSA) is 112 Å². The molecule has 2 aromatic carbocycles. The molecule has 32 heavy (non-hydrogen) atoms. The smallest absolute Gasteiger partial charge is 0.406 e. The molecule has 164 valence electrons. The zero-order valence-electron chi connectivity index (χ0n) is 16.4. The summed E-state index contributed by atoms with van der Waals surface area (Å²) in [6.45, 7) is 0.180. The predicted octanol–water partition coefficient (Wildman–Crippen LogP) is 3.77. The number of alkyl halides is 3. The zero-order valence-corrected chi connectivity index (χ0v) is 16.4. The van der Waals surface area contributed by atoms with E-state index in [2.05, 4.69) is 30.3 Å². The number of anilines is 1. The Labute approximate surface area is 180 Å². The summed E-state index contributed by atoms with van der Waals surface area (Å²) in [4.78, 5) is 23.2. The van der Waals surface area contributed by atoms with E-state index in [4.69, 9.17) is 5.41 Å². The Morgan fingerprint density at radius 3 is 2.31 bits per heavy atom. The first-order valence-corrected chi connectivity index (χ1v) is 9.18. The van der Waals surface area contributed by atoms with Crippen LogP contribution in [0.25, 0.3) is 0 Å². The minimum absolute atomic E-state index is 0.108. The fourth-order valence-corrected chi connectivity index (χ4v) is 2.47. The summed E-state index contributed by atoms with van der Waals surface area (Å²) < 4.78 is 40.9. The molecule has 0 radical (unpaired) electrons. The normalized spacial score (nSPS) is 11.5. The second kappa shape index (κ2) is 10.2. The number of benzene rings is 2. The number of aliphatic imine (C=N–C) groups is 1. The maximum Gasteiger partial charge on any atom is 0.573 e. The highest BCUT2D eigenvalue weighted by Crippen LogP contribution is 2.24. The van der Waals surface area contributed by atoms with E-state index < -0.39 is 6.36 Å². The molecular weight excluding hydrogens is 425 g/mol. The van der Waals surface area contributed by atoms with Crippen LogP contribution in [-0.4, -0.2) is 34.4 Å². The van der Waals surface area contributed by atoms with E-state index in [0.717, 1.165) is 12.1 Å². The van der Waals surface area contributed by atoms with Gasteiger partial charge in [0, 0.05) is 29.2 Å². The highest BCUT2D eigenvalue weighted by Gasteiger charge is 2.30. The van der Waals surface area contributed by atoms with Crippen molar-refractivity contribution in [1.29, 1.82) is 5.41 Å². The van der Waals surface area contributed by atoms with Crippen molar-refractivity contribution in [2.24, 2.45) is 4.99 Å². The van der Waals surface area contributed by atoms with Crippen molar-refractivity contribution < 1.29 is 22.7 Å². The van der Waals surface area contributed by atoms with Gasteiger partial charge in [-0.15, -0.1) is 13.2 Å². The number of aromatic nitrogens is 2. The molecule has 3 N–H and O–H groups in total. The lowest BCUT2D eigenvalue weighted by atomic mass is 10.1. The van der Waals surface area contributed by atoms with E-state index >= 15 is 0 Å². The van der Waals surface area contributed by atoms with Crippen LogP contribution in [0.4, 0.5) is 18.9 Å². The van der Waals surface area contributed by atoms with Crippen LogP contribution < -0.4 is 15.4 Å². The molecule has 0 spiro atoms. The van der Waals surface area contributed by atoms with Crippen LogP contribution >= 0.6 is 0 Å². The van der Waals surface area contributed by atoms with Gasteiger partial charge in [0.05, 0.1) is 6.54 Å². The van der Waals surface area contributed by atoms with Crippen molar-refractivity contribution >= 4 is 23.8 Å². The van der Waals surface area contributed by atoms with Gasteiger partial charge in [0.25, 0.3) is 0 Å². The summed E-state index contributed by atoms with van der Waals surface area (Å²) in [7, 11) is 0. The average Bonchev–Trinajstić information content (AvgIpc) is 2.78. The summed E-state index contributed by atoms with van der Waals surface area (Å²) in [6, 6.07) is 13.0. The van der Waals surface area contributed by atoms with Crippen molar-refractivity contribution in [1.82, 2.24) is 15.3 Å². The molecule has 1 aromatic heterocycles. The van der Waals surface area contributed by atoms with Gasteiger partial charge >= 0.3 is 6.36 Å². The van der Waals surface area contributed by atoms with Gasteiger partial charge in [0.1, 0.15) is 17.9 Å². The number of carbonyl (C=O) groups is 1. The average molecular weight is 442 g/mol. The van der Waals surface area contributed by atoms with Crippen LogP contribution in [0.1, 0.15) is 21.7 Å². The number of rotatable bonds is 6. The largest absolute Gasteiger partial charge is 0.573 e. The first kappa shape index (κ1) is 22.4. The number of nitrogens with zero attached hydrogens (tertiary/aromatic N) is 3. The van der Waals surface area contributed by atoms with Gasteiger partial charge in [-0.25, -0.2) is 9.97 Å². The number of carbonyl (C=O) groups excluding carboxylic acids is 1. The first-order valence-electron chi connectivity index (χ1n) is 9.18. The molecule has 0 aliphatic heterocycles. The van der Waals surface area contributed by atoms with E-state index in [-0.39, 0.29) is 24.1 Å². The summed E-state index contributed by atoms with van der Waals surface area (Å²) in [5, 5.41) is 14.1. The maximum atomic E-state index is 12.3. The van der Waals surface area contributed by atoms with Gasteiger partial charge in [-0.05, 0) is 30.3 Å². The predicted molar refractivity (Wildman–Crippen MR) is 112 cm³/mol. The summed E-state index contributed by atoms with van der Waals surface area (Å²) in [5.41, 5.74) is 1.33.